The van der Waals surface area contributed by atoms with Gasteiger partial charge < -0.3 is 15.4 Å². The van der Waals surface area contributed by atoms with Gasteiger partial charge in [0.2, 0.25) is 0 Å². The van der Waals surface area contributed by atoms with Gasteiger partial charge in [-0.05, 0) is 67.7 Å². The highest BCUT2D eigenvalue weighted by atomic mass is 35.5. The van der Waals surface area contributed by atoms with Gasteiger partial charge in [0.25, 0.3) is 0 Å². The van der Waals surface area contributed by atoms with Crippen molar-refractivity contribution in [1.29, 1.82) is 0 Å². The van der Waals surface area contributed by atoms with Crippen LogP contribution in [0.4, 0.5) is 5.69 Å². The molecule has 0 aliphatic carbocycles. The van der Waals surface area contributed by atoms with Crippen LogP contribution in [0.15, 0.2) is 53.4 Å². The second kappa shape index (κ2) is 10.3. The monoisotopic (exact) mass is 394 g/mol. The van der Waals surface area contributed by atoms with Crippen molar-refractivity contribution in [2.45, 2.75) is 11.8 Å². The molecule has 0 heterocycles. The molecule has 2 N–H and O–H groups in total. The van der Waals surface area contributed by atoms with E-state index in [9.17, 15) is 4.79 Å². The van der Waals surface area contributed by atoms with E-state index in [0.717, 1.165) is 23.0 Å². The van der Waals surface area contributed by atoms with Crippen LogP contribution in [0.25, 0.3) is 0 Å². The number of esters is 1. The lowest BCUT2D eigenvalue weighted by Gasteiger charge is -2.11. The lowest BCUT2D eigenvalue weighted by Crippen LogP contribution is -2.30. The third-order valence-electron chi connectivity index (χ3n) is 3.12. The topological polar surface area (TPSA) is 50.4 Å². The lowest BCUT2D eigenvalue weighted by molar-refractivity contribution is 0.0526. The van der Waals surface area contributed by atoms with Crippen molar-refractivity contribution in [2.24, 2.45) is 0 Å². The first-order valence-corrected chi connectivity index (χ1v) is 9.56. The fraction of sp³-hybridized carbons (Fsp3) is 0.222. The van der Waals surface area contributed by atoms with Crippen LogP contribution in [-0.2, 0) is 4.74 Å². The van der Waals surface area contributed by atoms with E-state index in [1.54, 1.807) is 43.0 Å². The van der Waals surface area contributed by atoms with Crippen LogP contribution in [-0.4, -0.2) is 30.0 Å². The molecule has 0 aromatic heterocycles. The van der Waals surface area contributed by atoms with Crippen molar-refractivity contribution in [3.05, 3.63) is 59.1 Å². The van der Waals surface area contributed by atoms with Crippen molar-refractivity contribution in [3.8, 4) is 0 Å². The lowest BCUT2D eigenvalue weighted by atomic mass is 10.2. The van der Waals surface area contributed by atoms with Gasteiger partial charge in [0.15, 0.2) is 5.11 Å². The van der Waals surface area contributed by atoms with E-state index in [4.69, 9.17) is 28.6 Å². The van der Waals surface area contributed by atoms with E-state index in [2.05, 4.69) is 10.6 Å². The second-order valence-corrected chi connectivity index (χ2v) is 6.99. The largest absolute Gasteiger partial charge is 0.462 e. The Labute approximate surface area is 162 Å². The van der Waals surface area contributed by atoms with E-state index in [-0.39, 0.29) is 5.97 Å². The molecule has 25 heavy (non-hydrogen) atoms. The maximum Gasteiger partial charge on any atom is 0.338 e. The molecule has 0 bridgehead atoms. The minimum absolute atomic E-state index is 0.325. The molecular formula is C18H19ClN2O2S2. The molecule has 2 rings (SSSR count). The summed E-state index contributed by atoms with van der Waals surface area (Å²) in [5, 5.41) is 7.52. The molecule has 4 nitrogen and oxygen atoms in total. The van der Waals surface area contributed by atoms with Gasteiger partial charge in [0.05, 0.1) is 12.2 Å². The van der Waals surface area contributed by atoms with Gasteiger partial charge in [0.1, 0.15) is 0 Å². The Kier molecular flexibility index (Phi) is 8.04. The van der Waals surface area contributed by atoms with Gasteiger partial charge >= 0.3 is 5.97 Å². The molecule has 0 saturated heterocycles. The third kappa shape index (κ3) is 6.94. The summed E-state index contributed by atoms with van der Waals surface area (Å²) < 4.78 is 4.95. The number of benzene rings is 2. The first kappa shape index (κ1) is 19.6. The minimum Gasteiger partial charge on any atom is -0.462 e. The summed E-state index contributed by atoms with van der Waals surface area (Å²) in [4.78, 5) is 12.8. The van der Waals surface area contributed by atoms with Crippen LogP contribution < -0.4 is 10.6 Å². The molecule has 2 aromatic carbocycles. The third-order valence-corrected chi connectivity index (χ3v) is 4.64. The molecule has 0 spiro atoms. The van der Waals surface area contributed by atoms with Crippen LogP contribution in [0, 0.1) is 0 Å². The molecule has 0 atom stereocenters. The Morgan fingerprint density at radius 3 is 2.48 bits per heavy atom. The highest BCUT2D eigenvalue weighted by Gasteiger charge is 2.06. The number of hydrogen-bond donors (Lipinski definition) is 2. The van der Waals surface area contributed by atoms with Crippen molar-refractivity contribution in [1.82, 2.24) is 5.32 Å². The molecular weight excluding hydrogens is 376 g/mol. The number of nitrogens with one attached hydrogen (secondary N) is 2. The van der Waals surface area contributed by atoms with Gasteiger partial charge in [-0.15, -0.1) is 11.8 Å². The van der Waals surface area contributed by atoms with Crippen molar-refractivity contribution >= 4 is 52.3 Å². The first-order valence-electron chi connectivity index (χ1n) is 7.79. The number of rotatable bonds is 7. The standard InChI is InChI=1S/C18H19ClN2O2S2/c1-2-23-17(22)13-3-7-15(8-4-13)21-18(24)20-11-12-25-16-9-5-14(19)6-10-16/h3-10H,2,11-12H2,1H3,(H2,20,21,24). The molecule has 2 aromatic rings. The van der Waals surface area contributed by atoms with Crippen molar-refractivity contribution < 1.29 is 9.53 Å². The van der Waals surface area contributed by atoms with Crippen LogP contribution in [0.3, 0.4) is 0 Å². The fourth-order valence-electron chi connectivity index (χ4n) is 1.94. The smallest absolute Gasteiger partial charge is 0.338 e. The average Bonchev–Trinajstić information content (AvgIpc) is 2.61. The highest BCUT2D eigenvalue weighted by Crippen LogP contribution is 2.19. The van der Waals surface area contributed by atoms with Crippen molar-refractivity contribution in [2.75, 3.05) is 24.2 Å². The summed E-state index contributed by atoms with van der Waals surface area (Å²) >= 11 is 12.9. The molecule has 0 saturated carbocycles. The summed E-state index contributed by atoms with van der Waals surface area (Å²) in [6, 6.07) is 14.8. The summed E-state index contributed by atoms with van der Waals surface area (Å²) in [5.74, 6) is 0.555. The molecule has 0 aliphatic rings. The highest BCUT2D eigenvalue weighted by molar-refractivity contribution is 7.99. The predicted molar refractivity (Wildman–Crippen MR) is 109 cm³/mol. The van der Waals surface area contributed by atoms with Gasteiger partial charge in [-0.3, -0.25) is 0 Å². The number of halogens is 1. The maximum atomic E-state index is 11.6. The van der Waals surface area contributed by atoms with Gasteiger partial charge in [-0.2, -0.15) is 0 Å². The van der Waals surface area contributed by atoms with E-state index >= 15 is 0 Å². The molecule has 132 valence electrons. The summed E-state index contributed by atoms with van der Waals surface area (Å²) in [5.41, 5.74) is 1.33. The van der Waals surface area contributed by atoms with Crippen LogP contribution >= 0.6 is 35.6 Å². The maximum absolute atomic E-state index is 11.6. The predicted octanol–water partition coefficient (Wildman–Crippen LogP) is 4.60. The number of anilines is 1. The zero-order chi connectivity index (χ0) is 18.1. The normalized spacial score (nSPS) is 10.2. The SMILES string of the molecule is CCOC(=O)c1ccc(NC(=S)NCCSc2ccc(Cl)cc2)cc1. The molecule has 0 radical (unpaired) electrons. The van der Waals surface area contributed by atoms with Gasteiger partial charge in [0, 0.05) is 27.9 Å². The average molecular weight is 395 g/mol. The second-order valence-electron chi connectivity index (χ2n) is 4.98. The van der Waals surface area contributed by atoms with Crippen LogP contribution in [0.1, 0.15) is 17.3 Å². The molecule has 0 amide bonds. The minimum atomic E-state index is -0.325. The Hall–Kier alpha value is -1.76. The Bertz CT molecular complexity index is 706. The Morgan fingerprint density at radius 2 is 1.84 bits per heavy atom. The molecule has 0 unspecified atom stereocenters. The summed E-state index contributed by atoms with van der Waals surface area (Å²) in [6.45, 7) is 2.88. The Balaban J connectivity index is 1.71. The zero-order valence-corrected chi connectivity index (χ0v) is 16.1. The van der Waals surface area contributed by atoms with E-state index in [1.807, 2.05) is 24.3 Å². The number of thioether (sulfide) groups is 1. The number of hydrogen-bond acceptors (Lipinski definition) is 4. The van der Waals surface area contributed by atoms with E-state index < -0.39 is 0 Å². The molecule has 7 heteroatoms. The number of carbonyl (C=O) groups is 1. The number of ether oxygens (including phenoxy) is 1. The Morgan fingerprint density at radius 1 is 1.16 bits per heavy atom. The van der Waals surface area contributed by atoms with Crippen molar-refractivity contribution in [3.63, 3.8) is 0 Å². The van der Waals surface area contributed by atoms with Crippen LogP contribution in [0.5, 0.6) is 0 Å². The van der Waals surface area contributed by atoms with Crippen LogP contribution in [0.2, 0.25) is 5.02 Å². The summed E-state index contributed by atoms with van der Waals surface area (Å²) in [6.07, 6.45) is 0. The van der Waals surface area contributed by atoms with Gasteiger partial charge in [-0.1, -0.05) is 11.6 Å². The summed E-state index contributed by atoms with van der Waals surface area (Å²) in [7, 11) is 0. The van der Waals surface area contributed by atoms with E-state index in [1.165, 1.54) is 4.90 Å². The molecule has 0 fully saturated rings. The zero-order valence-electron chi connectivity index (χ0n) is 13.8. The van der Waals surface area contributed by atoms with E-state index in [0.29, 0.717) is 17.3 Å². The molecule has 0 aliphatic heterocycles. The fourth-order valence-corrected chi connectivity index (χ4v) is 3.06. The quantitative estimate of drug-likeness (QED) is 0.310. The number of thiocarbonyl (C=S) groups is 1. The first-order chi connectivity index (χ1) is 12.1. The van der Waals surface area contributed by atoms with Gasteiger partial charge in [-0.25, -0.2) is 4.79 Å². The number of carbonyl (C=O) groups excluding carboxylic acids is 1.